The van der Waals surface area contributed by atoms with Gasteiger partial charge in [0.1, 0.15) is 5.82 Å². The monoisotopic (exact) mass is 301 g/mol. The summed E-state index contributed by atoms with van der Waals surface area (Å²) in [5.41, 5.74) is 10.7. The molecule has 1 aromatic rings. The van der Waals surface area contributed by atoms with Crippen molar-refractivity contribution in [3.63, 3.8) is 0 Å². The zero-order chi connectivity index (χ0) is 14.9. The lowest BCUT2D eigenvalue weighted by Gasteiger charge is -2.13. The third kappa shape index (κ3) is 3.19. The Hall–Kier alpha value is -1.83. The number of nitrogens with two attached hydrogens (primary N) is 2. The number of carbonyl (C=O) groups excluding carboxylic acids is 1. The Morgan fingerprint density at radius 2 is 2.15 bits per heavy atom. The van der Waals surface area contributed by atoms with Crippen molar-refractivity contribution in [2.24, 2.45) is 11.7 Å². The number of carbonyl (C=O) groups is 1. The summed E-state index contributed by atoms with van der Waals surface area (Å²) in [6.07, 6.45) is 0.550. The Labute approximate surface area is 116 Å². The molecule has 0 spiro atoms. The van der Waals surface area contributed by atoms with Crippen LogP contribution in [0.15, 0.2) is 12.1 Å². The van der Waals surface area contributed by atoms with E-state index in [1.54, 1.807) is 0 Å². The third-order valence-electron chi connectivity index (χ3n) is 3.31. The molecule has 6 nitrogen and oxygen atoms in total. The zero-order valence-electron chi connectivity index (χ0n) is 10.7. The highest BCUT2D eigenvalue weighted by molar-refractivity contribution is 7.91. The maximum absolute atomic E-state index is 13.7. The van der Waals surface area contributed by atoms with Crippen molar-refractivity contribution in [2.75, 3.05) is 29.1 Å². The quantitative estimate of drug-likeness (QED) is 0.694. The van der Waals surface area contributed by atoms with Crippen LogP contribution < -0.4 is 16.8 Å². The van der Waals surface area contributed by atoms with Crippen molar-refractivity contribution in [3.05, 3.63) is 23.5 Å². The molecule has 1 saturated heterocycles. The van der Waals surface area contributed by atoms with Gasteiger partial charge in [0.2, 0.25) is 0 Å². The molecule has 0 saturated carbocycles. The van der Waals surface area contributed by atoms with E-state index in [9.17, 15) is 17.6 Å². The van der Waals surface area contributed by atoms with Crippen molar-refractivity contribution < 1.29 is 17.6 Å². The lowest BCUT2D eigenvalue weighted by atomic mass is 10.1. The Bertz CT molecular complexity index is 646. The van der Waals surface area contributed by atoms with Crippen LogP contribution in [0, 0.1) is 11.7 Å². The number of nitrogen functional groups attached to an aromatic ring is 1. The fraction of sp³-hybridized carbons (Fsp3) is 0.417. The van der Waals surface area contributed by atoms with E-state index in [0.717, 1.165) is 6.07 Å². The molecule has 0 aromatic heterocycles. The molecular formula is C12H16FN3O3S. The Morgan fingerprint density at radius 3 is 2.70 bits per heavy atom. The molecule has 1 fully saturated rings. The summed E-state index contributed by atoms with van der Waals surface area (Å²) in [7, 11) is -2.97. The minimum Gasteiger partial charge on any atom is -0.398 e. The topological polar surface area (TPSA) is 115 Å². The summed E-state index contributed by atoms with van der Waals surface area (Å²) >= 11 is 0. The van der Waals surface area contributed by atoms with E-state index in [4.69, 9.17) is 11.5 Å². The first-order chi connectivity index (χ1) is 9.28. The van der Waals surface area contributed by atoms with Gasteiger partial charge in [-0.05, 0) is 24.5 Å². The second-order valence-corrected chi connectivity index (χ2v) is 7.16. The van der Waals surface area contributed by atoms with Gasteiger partial charge < -0.3 is 16.8 Å². The van der Waals surface area contributed by atoms with Gasteiger partial charge in [-0.15, -0.1) is 0 Å². The van der Waals surface area contributed by atoms with Crippen LogP contribution in [0.1, 0.15) is 16.8 Å². The van der Waals surface area contributed by atoms with Gasteiger partial charge in [-0.2, -0.15) is 0 Å². The summed E-state index contributed by atoms with van der Waals surface area (Å²) in [4.78, 5) is 11.1. The number of nitrogens with one attached hydrogen (secondary N) is 1. The van der Waals surface area contributed by atoms with Crippen LogP contribution >= 0.6 is 0 Å². The van der Waals surface area contributed by atoms with E-state index >= 15 is 0 Å². The number of sulfone groups is 1. The van der Waals surface area contributed by atoms with Crippen LogP contribution in [-0.2, 0) is 9.84 Å². The van der Waals surface area contributed by atoms with Gasteiger partial charge >= 0.3 is 0 Å². The average molecular weight is 301 g/mol. The van der Waals surface area contributed by atoms with Crippen molar-refractivity contribution in [1.82, 2.24) is 0 Å². The SMILES string of the molecule is NC(=O)c1cc(NCC2CCS(=O)(=O)C2)c(F)cc1N. The lowest BCUT2D eigenvalue weighted by molar-refractivity contribution is 0.100. The van der Waals surface area contributed by atoms with E-state index in [2.05, 4.69) is 5.32 Å². The van der Waals surface area contributed by atoms with Crippen LogP contribution in [0.3, 0.4) is 0 Å². The van der Waals surface area contributed by atoms with Gasteiger partial charge in [-0.1, -0.05) is 0 Å². The number of hydrogen-bond donors (Lipinski definition) is 3. The smallest absolute Gasteiger partial charge is 0.250 e. The van der Waals surface area contributed by atoms with Crippen LogP contribution in [0.25, 0.3) is 0 Å². The molecular weight excluding hydrogens is 285 g/mol. The van der Waals surface area contributed by atoms with Crippen LogP contribution in [0.5, 0.6) is 0 Å². The summed E-state index contributed by atoms with van der Waals surface area (Å²) in [5.74, 6) is -1.15. The van der Waals surface area contributed by atoms with E-state index in [1.807, 2.05) is 0 Å². The Morgan fingerprint density at radius 1 is 1.45 bits per heavy atom. The minimum absolute atomic E-state index is 0.0241. The van der Waals surface area contributed by atoms with Crippen molar-refractivity contribution in [3.8, 4) is 0 Å². The normalized spacial score (nSPS) is 20.8. The molecule has 5 N–H and O–H groups in total. The molecule has 0 bridgehead atoms. The zero-order valence-corrected chi connectivity index (χ0v) is 11.5. The number of primary amides is 1. The maximum atomic E-state index is 13.7. The fourth-order valence-electron chi connectivity index (χ4n) is 2.22. The van der Waals surface area contributed by atoms with Crippen LogP contribution in [0.2, 0.25) is 0 Å². The highest BCUT2D eigenvalue weighted by Gasteiger charge is 2.27. The third-order valence-corrected chi connectivity index (χ3v) is 5.15. The van der Waals surface area contributed by atoms with Gasteiger partial charge in [-0.3, -0.25) is 4.79 Å². The molecule has 20 heavy (non-hydrogen) atoms. The van der Waals surface area contributed by atoms with E-state index in [0.29, 0.717) is 13.0 Å². The summed E-state index contributed by atoms with van der Waals surface area (Å²) < 4.78 is 36.4. The molecule has 0 radical (unpaired) electrons. The number of benzene rings is 1. The average Bonchev–Trinajstić information content (AvgIpc) is 2.67. The highest BCUT2D eigenvalue weighted by Crippen LogP contribution is 2.24. The number of anilines is 2. The van der Waals surface area contributed by atoms with Crippen molar-refractivity contribution in [1.29, 1.82) is 0 Å². The largest absolute Gasteiger partial charge is 0.398 e. The first-order valence-electron chi connectivity index (χ1n) is 6.11. The molecule has 0 aliphatic carbocycles. The molecule has 1 amide bonds. The molecule has 8 heteroatoms. The maximum Gasteiger partial charge on any atom is 0.250 e. The van der Waals surface area contributed by atoms with Crippen LogP contribution in [-0.4, -0.2) is 32.4 Å². The molecule has 110 valence electrons. The van der Waals surface area contributed by atoms with E-state index in [1.165, 1.54) is 6.07 Å². The summed E-state index contributed by atoms with van der Waals surface area (Å²) in [6.45, 7) is 0.318. The molecule has 1 aromatic carbocycles. The minimum atomic E-state index is -2.97. The predicted octanol–water partition coefficient (Wildman–Crippen LogP) is 0.353. The molecule has 1 heterocycles. The van der Waals surface area contributed by atoms with Gasteiger partial charge in [0.15, 0.2) is 9.84 Å². The van der Waals surface area contributed by atoms with Gasteiger partial charge in [0.25, 0.3) is 5.91 Å². The van der Waals surface area contributed by atoms with Crippen molar-refractivity contribution >= 4 is 27.1 Å². The first-order valence-corrected chi connectivity index (χ1v) is 7.94. The molecule has 2 rings (SSSR count). The summed E-state index contributed by atoms with van der Waals surface area (Å²) in [5, 5.41) is 2.81. The molecule has 1 aliphatic heterocycles. The second kappa shape index (κ2) is 5.28. The van der Waals surface area contributed by atoms with Gasteiger partial charge in [0, 0.05) is 12.2 Å². The number of halogens is 1. The Kier molecular flexibility index (Phi) is 3.85. The molecule has 1 unspecified atom stereocenters. The second-order valence-electron chi connectivity index (χ2n) is 4.93. The van der Waals surface area contributed by atoms with Gasteiger partial charge in [-0.25, -0.2) is 12.8 Å². The first kappa shape index (κ1) is 14.6. The standard InChI is InChI=1S/C12H16FN3O3S/c13-9-4-10(14)8(12(15)17)3-11(9)16-5-7-1-2-20(18,19)6-7/h3-4,7,16H,1-2,5-6,14H2,(H2,15,17). The molecule has 1 atom stereocenters. The fourth-order valence-corrected chi connectivity index (χ4v) is 4.09. The van der Waals surface area contributed by atoms with Gasteiger partial charge in [0.05, 0.1) is 22.8 Å². The molecule has 1 aliphatic rings. The lowest BCUT2D eigenvalue weighted by Crippen LogP contribution is -2.18. The van der Waals surface area contributed by atoms with E-state index < -0.39 is 21.6 Å². The summed E-state index contributed by atoms with van der Waals surface area (Å²) in [6, 6.07) is 2.27. The van der Waals surface area contributed by atoms with Crippen LogP contribution in [0.4, 0.5) is 15.8 Å². The Balaban J connectivity index is 2.10. The van der Waals surface area contributed by atoms with E-state index in [-0.39, 0.29) is 34.4 Å². The number of rotatable bonds is 4. The number of hydrogen-bond acceptors (Lipinski definition) is 5. The highest BCUT2D eigenvalue weighted by atomic mass is 32.2. The number of amides is 1. The van der Waals surface area contributed by atoms with Crippen molar-refractivity contribution in [2.45, 2.75) is 6.42 Å². The predicted molar refractivity (Wildman–Crippen MR) is 74.6 cm³/mol.